The molecule has 0 spiro atoms. The molecule has 6 nitrogen and oxygen atoms in total. The second kappa shape index (κ2) is 2.75. The van der Waals surface area contributed by atoms with Gasteiger partial charge in [0.25, 0.3) is 0 Å². The number of H-pyrrole nitrogens is 1. The monoisotopic (exact) mass is 126 g/mol. The van der Waals surface area contributed by atoms with Crippen molar-refractivity contribution in [3.05, 3.63) is 0 Å². The lowest BCUT2D eigenvalue weighted by atomic mass is 10.9. The van der Waals surface area contributed by atoms with Gasteiger partial charge in [0.1, 0.15) is 6.21 Å². The van der Waals surface area contributed by atoms with Crippen LogP contribution in [0.2, 0.25) is 0 Å². The quantitative estimate of drug-likeness (QED) is 0.426. The molecule has 1 aromatic heterocycles. The first-order valence-corrected chi connectivity index (χ1v) is 2.21. The zero-order valence-electron chi connectivity index (χ0n) is 4.70. The minimum Gasteiger partial charge on any atom is -0.313 e. The number of aromatic amines is 1. The summed E-state index contributed by atoms with van der Waals surface area (Å²) in [6, 6.07) is 0.157. The number of nitrogens with one attached hydrogen (secondary N) is 1. The lowest BCUT2D eigenvalue weighted by Gasteiger charge is -1.83. The van der Waals surface area contributed by atoms with E-state index in [0.29, 0.717) is 0 Å². The number of rotatable bonds is 2. The maximum absolute atomic E-state index is 4.52. The molecule has 9 heavy (non-hydrogen) atoms. The lowest BCUT2D eigenvalue weighted by molar-refractivity contribution is 0.315. The van der Waals surface area contributed by atoms with Crippen LogP contribution in [-0.2, 0) is 0 Å². The van der Waals surface area contributed by atoms with E-state index in [4.69, 9.17) is 0 Å². The molecule has 0 bridgehead atoms. The summed E-state index contributed by atoms with van der Waals surface area (Å²) in [6.45, 7) is 1.60. The van der Waals surface area contributed by atoms with E-state index in [1.807, 2.05) is 0 Å². The van der Waals surface area contributed by atoms with Crippen LogP contribution in [0.3, 0.4) is 0 Å². The van der Waals surface area contributed by atoms with E-state index < -0.39 is 0 Å². The maximum atomic E-state index is 4.52. The Kier molecular flexibility index (Phi) is 1.73. The second-order valence-corrected chi connectivity index (χ2v) is 1.11. The predicted molar refractivity (Wildman–Crippen MR) is 27.9 cm³/mol. The van der Waals surface area contributed by atoms with Crippen LogP contribution >= 0.6 is 0 Å². The first-order valence-electron chi connectivity index (χ1n) is 2.21. The summed E-state index contributed by atoms with van der Waals surface area (Å²) in [5.41, 5.74) is 0. The van der Waals surface area contributed by atoms with Crippen LogP contribution in [0.25, 0.3) is 0 Å². The van der Waals surface area contributed by atoms with Gasteiger partial charge in [-0.3, -0.25) is 0 Å². The molecule has 1 radical (unpaired) electrons. The predicted octanol–water partition coefficient (Wildman–Crippen LogP) is -0.539. The van der Waals surface area contributed by atoms with Crippen molar-refractivity contribution in [3.8, 4) is 6.01 Å². The standard InChI is InChI=1S/C3H4N5O/c1-2-4-9-3-5-7-8-6-3/h1H3,(H,5,6,7,8). The molecule has 0 saturated heterocycles. The fourth-order valence-electron chi connectivity index (χ4n) is 0.278. The molecular formula is C3H4N5O. The van der Waals surface area contributed by atoms with Gasteiger partial charge in [-0.2, -0.15) is 0 Å². The molecule has 0 aromatic carbocycles. The van der Waals surface area contributed by atoms with Crippen LogP contribution in [0.1, 0.15) is 6.92 Å². The molecule has 47 valence electrons. The first-order chi connectivity index (χ1) is 4.43. The summed E-state index contributed by atoms with van der Waals surface area (Å²) in [5, 5.41) is 15.5. The number of hydrogen-bond donors (Lipinski definition) is 1. The molecule has 0 aliphatic carbocycles. The average Bonchev–Trinajstić information content (AvgIpc) is 2.34. The van der Waals surface area contributed by atoms with Crippen LogP contribution in [-0.4, -0.2) is 26.8 Å². The van der Waals surface area contributed by atoms with Crippen molar-refractivity contribution >= 4 is 6.21 Å². The normalized spacial score (nSPS) is 10.3. The van der Waals surface area contributed by atoms with E-state index in [0.717, 1.165) is 0 Å². The summed E-state index contributed by atoms with van der Waals surface area (Å²) in [7, 11) is 0. The molecule has 1 heterocycles. The van der Waals surface area contributed by atoms with Crippen LogP contribution < -0.4 is 4.84 Å². The van der Waals surface area contributed by atoms with Crippen LogP contribution in [0.4, 0.5) is 0 Å². The largest absolute Gasteiger partial charge is 0.361 e. The molecule has 1 aromatic rings. The summed E-state index contributed by atoms with van der Waals surface area (Å²) in [4.78, 5) is 4.52. The van der Waals surface area contributed by atoms with Crippen molar-refractivity contribution in [2.75, 3.05) is 0 Å². The Bertz CT molecular complexity index is 180. The Hall–Kier alpha value is -1.46. The zero-order chi connectivity index (χ0) is 6.53. The van der Waals surface area contributed by atoms with E-state index in [-0.39, 0.29) is 6.01 Å². The van der Waals surface area contributed by atoms with E-state index in [2.05, 4.69) is 36.8 Å². The van der Waals surface area contributed by atoms with Gasteiger partial charge in [0.2, 0.25) is 0 Å². The minimum absolute atomic E-state index is 0.157. The second-order valence-electron chi connectivity index (χ2n) is 1.11. The van der Waals surface area contributed by atoms with E-state index in [1.54, 1.807) is 6.92 Å². The highest BCUT2D eigenvalue weighted by atomic mass is 16.6. The lowest BCUT2D eigenvalue weighted by Crippen LogP contribution is -1.84. The molecule has 0 aliphatic rings. The van der Waals surface area contributed by atoms with Crippen LogP contribution in [0.15, 0.2) is 5.16 Å². The SMILES string of the molecule is C[C]=NOc1nnn[nH]1. The number of tetrazole rings is 1. The van der Waals surface area contributed by atoms with Crippen molar-refractivity contribution in [1.82, 2.24) is 20.6 Å². The number of nitrogens with zero attached hydrogens (tertiary/aromatic N) is 4. The summed E-state index contributed by atoms with van der Waals surface area (Å²) >= 11 is 0. The molecule has 0 atom stereocenters. The number of aromatic nitrogens is 4. The molecule has 0 amide bonds. The molecule has 0 saturated carbocycles. The molecule has 1 rings (SSSR count). The smallest absolute Gasteiger partial charge is 0.313 e. The Morgan fingerprint density at radius 2 is 2.67 bits per heavy atom. The van der Waals surface area contributed by atoms with Crippen molar-refractivity contribution in [1.29, 1.82) is 0 Å². The third kappa shape index (κ3) is 1.48. The Morgan fingerprint density at radius 1 is 1.78 bits per heavy atom. The highest BCUT2D eigenvalue weighted by Gasteiger charge is 1.91. The van der Waals surface area contributed by atoms with Gasteiger partial charge in [0.05, 0.1) is 0 Å². The third-order valence-electron chi connectivity index (χ3n) is 0.549. The Balaban J connectivity index is 2.48. The van der Waals surface area contributed by atoms with Crippen molar-refractivity contribution in [2.24, 2.45) is 5.16 Å². The fraction of sp³-hybridized carbons (Fsp3) is 0.333. The topological polar surface area (TPSA) is 76.1 Å². The molecule has 0 fully saturated rings. The average molecular weight is 126 g/mol. The van der Waals surface area contributed by atoms with E-state index in [1.165, 1.54) is 0 Å². The van der Waals surface area contributed by atoms with Gasteiger partial charge in [-0.15, -0.1) is 0 Å². The first kappa shape index (κ1) is 5.67. The van der Waals surface area contributed by atoms with Gasteiger partial charge in [0.15, 0.2) is 0 Å². The summed E-state index contributed by atoms with van der Waals surface area (Å²) in [6.07, 6.45) is 2.39. The van der Waals surface area contributed by atoms with Crippen molar-refractivity contribution in [3.63, 3.8) is 0 Å². The third-order valence-corrected chi connectivity index (χ3v) is 0.549. The van der Waals surface area contributed by atoms with Gasteiger partial charge in [0, 0.05) is 0 Å². The van der Waals surface area contributed by atoms with Crippen LogP contribution in [0.5, 0.6) is 6.01 Å². The van der Waals surface area contributed by atoms with E-state index >= 15 is 0 Å². The fourth-order valence-corrected chi connectivity index (χ4v) is 0.278. The molecule has 0 unspecified atom stereocenters. The van der Waals surface area contributed by atoms with Gasteiger partial charge in [-0.05, 0) is 17.4 Å². The zero-order valence-corrected chi connectivity index (χ0v) is 4.70. The minimum atomic E-state index is 0.157. The molecule has 1 N–H and O–H groups in total. The summed E-state index contributed by atoms with van der Waals surface area (Å²) < 4.78 is 0. The Labute approximate surface area is 50.9 Å². The van der Waals surface area contributed by atoms with Gasteiger partial charge in [-0.1, -0.05) is 10.3 Å². The number of hydrogen-bond acceptors (Lipinski definition) is 5. The van der Waals surface area contributed by atoms with Crippen molar-refractivity contribution in [2.45, 2.75) is 6.92 Å². The molecule has 0 aliphatic heterocycles. The maximum Gasteiger partial charge on any atom is 0.361 e. The van der Waals surface area contributed by atoms with Gasteiger partial charge in [-0.25, -0.2) is 5.10 Å². The van der Waals surface area contributed by atoms with Crippen LogP contribution in [0, 0.1) is 0 Å². The Morgan fingerprint density at radius 3 is 3.22 bits per heavy atom. The molecule has 6 heteroatoms. The van der Waals surface area contributed by atoms with Crippen molar-refractivity contribution < 1.29 is 4.84 Å². The summed E-state index contributed by atoms with van der Waals surface area (Å²) in [5.74, 6) is 0. The van der Waals surface area contributed by atoms with Gasteiger partial charge >= 0.3 is 6.01 Å². The molecular weight excluding hydrogens is 122 g/mol. The van der Waals surface area contributed by atoms with E-state index in [9.17, 15) is 0 Å². The highest BCUT2D eigenvalue weighted by molar-refractivity contribution is 5.52. The highest BCUT2D eigenvalue weighted by Crippen LogP contribution is 1.92. The van der Waals surface area contributed by atoms with Gasteiger partial charge < -0.3 is 4.84 Å².